The van der Waals surface area contributed by atoms with Gasteiger partial charge in [0.25, 0.3) is 5.91 Å². The molecule has 0 saturated heterocycles. The highest BCUT2D eigenvalue weighted by Crippen LogP contribution is 2.37. The van der Waals surface area contributed by atoms with Gasteiger partial charge in [0, 0.05) is 42.9 Å². The van der Waals surface area contributed by atoms with E-state index in [4.69, 9.17) is 0 Å². The zero-order chi connectivity index (χ0) is 21.8. The summed E-state index contributed by atoms with van der Waals surface area (Å²) in [5.41, 5.74) is 4.47. The summed E-state index contributed by atoms with van der Waals surface area (Å²) in [7, 11) is -3.18. The largest absolute Gasteiger partial charge is 0.310 e. The van der Waals surface area contributed by atoms with Crippen molar-refractivity contribution in [3.8, 4) is 11.1 Å². The first kappa shape index (κ1) is 21.6. The Morgan fingerprint density at radius 1 is 1.13 bits per heavy atom. The van der Waals surface area contributed by atoms with E-state index >= 15 is 0 Å². The van der Waals surface area contributed by atoms with Crippen LogP contribution in [0, 0.1) is 0 Å². The van der Waals surface area contributed by atoms with Crippen LogP contribution < -0.4 is 14.9 Å². The third-order valence-electron chi connectivity index (χ3n) is 5.06. The molecule has 0 saturated carbocycles. The van der Waals surface area contributed by atoms with Crippen LogP contribution in [0.1, 0.15) is 20.2 Å². The second-order valence-corrected chi connectivity index (χ2v) is 10.3. The summed E-state index contributed by atoms with van der Waals surface area (Å²) in [4.78, 5) is 20.2. The minimum atomic E-state index is -3.18. The van der Waals surface area contributed by atoms with Gasteiger partial charge in [0.2, 0.25) is 10.0 Å². The molecule has 2 aromatic carbocycles. The summed E-state index contributed by atoms with van der Waals surface area (Å²) in [5, 5.41) is 3.62. The van der Waals surface area contributed by atoms with Gasteiger partial charge in [-0.1, -0.05) is 42.5 Å². The molecular formula is C22H24N4O3S2. The van der Waals surface area contributed by atoms with Crippen LogP contribution in [0.2, 0.25) is 0 Å². The third-order valence-corrected chi connectivity index (χ3v) is 6.77. The van der Waals surface area contributed by atoms with E-state index in [1.165, 1.54) is 22.5 Å². The van der Waals surface area contributed by atoms with Crippen molar-refractivity contribution >= 4 is 33.0 Å². The maximum atomic E-state index is 13.1. The number of carbonyl (C=O) groups excluding carboxylic acids is 1. The molecule has 0 atom stereocenters. The SMILES string of the molecule is CS(=O)(=O)NCCNCc1cnc(C(=O)N2CCc3c(-c4ccccc4)cccc32)s1. The molecule has 162 valence electrons. The average Bonchev–Trinajstić information content (AvgIpc) is 3.40. The molecule has 4 rings (SSSR count). The van der Waals surface area contributed by atoms with E-state index in [9.17, 15) is 13.2 Å². The topological polar surface area (TPSA) is 91.4 Å². The highest BCUT2D eigenvalue weighted by molar-refractivity contribution is 7.88. The molecule has 1 aliphatic rings. The number of rotatable bonds is 8. The minimum absolute atomic E-state index is 0.0843. The lowest BCUT2D eigenvalue weighted by molar-refractivity contribution is 0.0989. The molecule has 0 fully saturated rings. The summed E-state index contributed by atoms with van der Waals surface area (Å²) in [5.74, 6) is -0.0843. The molecule has 1 amide bonds. The van der Waals surface area contributed by atoms with E-state index in [0.29, 0.717) is 31.2 Å². The van der Waals surface area contributed by atoms with Crippen LogP contribution in [-0.2, 0) is 23.0 Å². The lowest BCUT2D eigenvalue weighted by Gasteiger charge is -2.16. The van der Waals surface area contributed by atoms with E-state index in [1.807, 2.05) is 35.2 Å². The number of carbonyl (C=O) groups is 1. The van der Waals surface area contributed by atoms with Crippen molar-refractivity contribution in [2.45, 2.75) is 13.0 Å². The number of aromatic nitrogens is 1. The molecule has 0 radical (unpaired) electrons. The predicted octanol–water partition coefficient (Wildman–Crippen LogP) is 2.65. The number of fused-ring (bicyclic) bond motifs is 1. The van der Waals surface area contributed by atoms with Gasteiger partial charge in [0.05, 0.1) is 6.26 Å². The van der Waals surface area contributed by atoms with Gasteiger partial charge < -0.3 is 10.2 Å². The molecule has 0 spiro atoms. The Hall–Kier alpha value is -2.59. The smallest absolute Gasteiger partial charge is 0.287 e. The molecule has 1 aliphatic heterocycles. The van der Waals surface area contributed by atoms with E-state index in [1.54, 1.807) is 6.20 Å². The van der Waals surface area contributed by atoms with Crippen LogP contribution in [0.15, 0.2) is 54.7 Å². The second-order valence-electron chi connectivity index (χ2n) is 7.35. The Morgan fingerprint density at radius 2 is 1.94 bits per heavy atom. The number of nitrogens with one attached hydrogen (secondary N) is 2. The van der Waals surface area contributed by atoms with Crippen LogP contribution in [0.25, 0.3) is 11.1 Å². The maximum Gasteiger partial charge on any atom is 0.287 e. The first-order valence-corrected chi connectivity index (χ1v) is 12.7. The van der Waals surface area contributed by atoms with E-state index in [2.05, 4.69) is 33.2 Å². The Bertz CT molecular complexity index is 1180. The van der Waals surface area contributed by atoms with Gasteiger partial charge in [-0.05, 0) is 29.2 Å². The van der Waals surface area contributed by atoms with E-state index in [0.717, 1.165) is 28.8 Å². The fourth-order valence-electron chi connectivity index (χ4n) is 3.67. The molecule has 2 heterocycles. The third kappa shape index (κ3) is 5.19. The summed E-state index contributed by atoms with van der Waals surface area (Å²) in [6.07, 6.45) is 3.65. The number of sulfonamides is 1. The normalized spacial score (nSPS) is 13.4. The molecule has 7 nitrogen and oxygen atoms in total. The first-order chi connectivity index (χ1) is 14.9. The zero-order valence-electron chi connectivity index (χ0n) is 17.2. The summed E-state index contributed by atoms with van der Waals surface area (Å²) < 4.78 is 24.6. The lowest BCUT2D eigenvalue weighted by Crippen LogP contribution is -2.30. The van der Waals surface area contributed by atoms with Crippen molar-refractivity contribution in [2.24, 2.45) is 0 Å². The first-order valence-electron chi connectivity index (χ1n) is 10.0. The van der Waals surface area contributed by atoms with E-state index in [-0.39, 0.29) is 5.91 Å². The standard InChI is InChI=1S/C22H24N4O3S2/c1-31(28,29)25-12-11-23-14-17-15-24-21(30-17)22(27)26-13-10-19-18(8-5-9-20(19)26)16-6-3-2-4-7-16/h2-9,15,23,25H,10-14H2,1H3. The fourth-order valence-corrected chi connectivity index (χ4v) is 4.98. The monoisotopic (exact) mass is 456 g/mol. The maximum absolute atomic E-state index is 13.1. The molecule has 0 bridgehead atoms. The zero-order valence-corrected chi connectivity index (χ0v) is 18.8. The Balaban J connectivity index is 1.42. The molecule has 3 aromatic rings. The minimum Gasteiger partial charge on any atom is -0.310 e. The average molecular weight is 457 g/mol. The van der Waals surface area contributed by atoms with Gasteiger partial charge in [-0.2, -0.15) is 0 Å². The Morgan fingerprint density at radius 3 is 2.71 bits per heavy atom. The number of hydrogen-bond acceptors (Lipinski definition) is 6. The molecule has 1 aromatic heterocycles. The van der Waals surface area contributed by atoms with Crippen molar-refractivity contribution in [2.75, 3.05) is 30.8 Å². The highest BCUT2D eigenvalue weighted by atomic mass is 32.2. The van der Waals surface area contributed by atoms with Crippen molar-refractivity contribution in [1.82, 2.24) is 15.0 Å². The predicted molar refractivity (Wildman–Crippen MR) is 124 cm³/mol. The molecule has 9 heteroatoms. The molecule has 2 N–H and O–H groups in total. The van der Waals surface area contributed by atoms with Crippen molar-refractivity contribution < 1.29 is 13.2 Å². The van der Waals surface area contributed by atoms with Gasteiger partial charge in [0.1, 0.15) is 0 Å². The van der Waals surface area contributed by atoms with Crippen molar-refractivity contribution in [3.05, 3.63) is 70.2 Å². The van der Waals surface area contributed by atoms with Gasteiger partial charge in [-0.25, -0.2) is 18.1 Å². The molecule has 31 heavy (non-hydrogen) atoms. The van der Waals surface area contributed by atoms with Gasteiger partial charge >= 0.3 is 0 Å². The quantitative estimate of drug-likeness (QED) is 0.509. The molecule has 0 unspecified atom stereocenters. The number of benzene rings is 2. The summed E-state index contributed by atoms with van der Waals surface area (Å²) in [6.45, 7) is 1.99. The number of amides is 1. The molecule has 0 aliphatic carbocycles. The van der Waals surface area contributed by atoms with Gasteiger partial charge in [-0.15, -0.1) is 11.3 Å². The van der Waals surface area contributed by atoms with Crippen molar-refractivity contribution in [1.29, 1.82) is 0 Å². The second kappa shape index (κ2) is 9.27. The number of anilines is 1. The van der Waals surface area contributed by atoms with Crippen LogP contribution >= 0.6 is 11.3 Å². The highest BCUT2D eigenvalue weighted by Gasteiger charge is 2.29. The van der Waals surface area contributed by atoms with Gasteiger partial charge in [0.15, 0.2) is 5.01 Å². The van der Waals surface area contributed by atoms with Crippen LogP contribution in [0.4, 0.5) is 5.69 Å². The van der Waals surface area contributed by atoms with Gasteiger partial charge in [-0.3, -0.25) is 4.79 Å². The summed E-state index contributed by atoms with van der Waals surface area (Å²) in [6, 6.07) is 16.3. The Labute approximate surface area is 186 Å². The number of thiazole rings is 1. The number of hydrogen-bond donors (Lipinski definition) is 2. The lowest BCUT2D eigenvalue weighted by atomic mass is 9.98. The van der Waals surface area contributed by atoms with Crippen LogP contribution in [0.3, 0.4) is 0 Å². The Kier molecular flexibility index (Phi) is 6.47. The van der Waals surface area contributed by atoms with Crippen LogP contribution in [0.5, 0.6) is 0 Å². The van der Waals surface area contributed by atoms with Crippen molar-refractivity contribution in [3.63, 3.8) is 0 Å². The van der Waals surface area contributed by atoms with E-state index < -0.39 is 10.0 Å². The van der Waals surface area contributed by atoms with Crippen LogP contribution in [-0.4, -0.2) is 45.2 Å². The fraction of sp³-hybridized carbons (Fsp3) is 0.273. The summed E-state index contributed by atoms with van der Waals surface area (Å²) >= 11 is 1.36. The number of nitrogens with zero attached hydrogens (tertiary/aromatic N) is 2. The molecular weight excluding hydrogens is 432 g/mol.